The lowest BCUT2D eigenvalue weighted by Crippen LogP contribution is -2.39. The van der Waals surface area contributed by atoms with E-state index in [0.717, 1.165) is 15.7 Å². The summed E-state index contributed by atoms with van der Waals surface area (Å²) in [5.74, 6) is -0.0624. The molecule has 2 N–H and O–H groups in total. The number of aryl methyl sites for hydroxylation is 1. The minimum Gasteiger partial charge on any atom is -0.395 e. The largest absolute Gasteiger partial charge is 0.395 e. The Kier molecular flexibility index (Phi) is 6.48. The second kappa shape index (κ2) is 7.62. The smallest absolute Gasteiger partial charge is 0.238 e. The molecule has 1 rings (SSSR count). The number of rotatable bonds is 6. The third-order valence-corrected chi connectivity index (χ3v) is 3.42. The van der Waals surface area contributed by atoms with Crippen molar-refractivity contribution in [3.05, 3.63) is 28.2 Å². The van der Waals surface area contributed by atoms with Crippen molar-refractivity contribution in [1.82, 2.24) is 4.90 Å². The van der Waals surface area contributed by atoms with Crippen molar-refractivity contribution in [2.24, 2.45) is 0 Å². The van der Waals surface area contributed by atoms with Gasteiger partial charge in [-0.3, -0.25) is 9.69 Å². The van der Waals surface area contributed by atoms with Crippen LogP contribution in [0.4, 0.5) is 5.69 Å². The fraction of sp³-hybridized carbons (Fsp3) is 0.500. The molecule has 106 valence electrons. The van der Waals surface area contributed by atoms with Crippen LogP contribution in [0.2, 0.25) is 0 Å². The topological polar surface area (TPSA) is 52.6 Å². The van der Waals surface area contributed by atoms with Crippen LogP contribution in [-0.4, -0.2) is 41.7 Å². The molecule has 0 unspecified atom stereocenters. The fourth-order valence-electron chi connectivity index (χ4n) is 1.79. The molecule has 0 aromatic heterocycles. The highest BCUT2D eigenvalue weighted by atomic mass is 79.9. The maximum Gasteiger partial charge on any atom is 0.238 e. The first kappa shape index (κ1) is 16.1. The van der Waals surface area contributed by atoms with E-state index < -0.39 is 0 Å². The first-order chi connectivity index (χ1) is 8.93. The van der Waals surface area contributed by atoms with Crippen LogP contribution >= 0.6 is 15.9 Å². The van der Waals surface area contributed by atoms with Crippen molar-refractivity contribution in [2.75, 3.05) is 25.0 Å². The Morgan fingerprint density at radius 3 is 2.68 bits per heavy atom. The monoisotopic (exact) mass is 328 g/mol. The first-order valence-electron chi connectivity index (χ1n) is 6.35. The van der Waals surface area contributed by atoms with Gasteiger partial charge in [0.1, 0.15) is 0 Å². The summed E-state index contributed by atoms with van der Waals surface area (Å²) >= 11 is 3.39. The molecule has 0 saturated heterocycles. The zero-order chi connectivity index (χ0) is 14.4. The minimum atomic E-state index is -0.0624. The van der Waals surface area contributed by atoms with Gasteiger partial charge in [0, 0.05) is 22.7 Å². The van der Waals surface area contributed by atoms with Gasteiger partial charge in [-0.2, -0.15) is 0 Å². The van der Waals surface area contributed by atoms with Crippen LogP contribution < -0.4 is 5.32 Å². The van der Waals surface area contributed by atoms with Crippen LogP contribution in [-0.2, 0) is 4.79 Å². The number of hydrogen-bond donors (Lipinski definition) is 2. The predicted octanol–water partition coefficient (Wildman–Crippen LogP) is 2.40. The van der Waals surface area contributed by atoms with Gasteiger partial charge in [0.25, 0.3) is 0 Å². The molecule has 0 fully saturated rings. The summed E-state index contributed by atoms with van der Waals surface area (Å²) in [6.07, 6.45) is 0. The average molecular weight is 329 g/mol. The Morgan fingerprint density at radius 1 is 1.47 bits per heavy atom. The zero-order valence-electron chi connectivity index (χ0n) is 11.6. The van der Waals surface area contributed by atoms with Gasteiger partial charge in [-0.1, -0.05) is 15.9 Å². The lowest BCUT2D eigenvalue weighted by atomic mass is 10.2. The van der Waals surface area contributed by atoms with E-state index in [1.807, 2.05) is 43.9 Å². The van der Waals surface area contributed by atoms with E-state index in [2.05, 4.69) is 21.2 Å². The average Bonchev–Trinajstić information content (AvgIpc) is 2.32. The second-order valence-corrected chi connectivity index (χ2v) is 5.71. The van der Waals surface area contributed by atoms with Crippen LogP contribution in [0, 0.1) is 6.92 Å². The van der Waals surface area contributed by atoms with E-state index in [4.69, 9.17) is 5.11 Å². The standard InChI is InChI=1S/C14H21BrN2O2/c1-10(2)17(6-7-18)9-14(19)16-13-5-4-12(15)8-11(13)3/h4-5,8,10,18H,6-7,9H2,1-3H3,(H,16,19). The molecule has 0 heterocycles. The van der Waals surface area contributed by atoms with Gasteiger partial charge in [0.2, 0.25) is 5.91 Å². The highest BCUT2D eigenvalue weighted by Gasteiger charge is 2.14. The van der Waals surface area contributed by atoms with Crippen LogP contribution in [0.5, 0.6) is 0 Å². The van der Waals surface area contributed by atoms with Gasteiger partial charge in [-0.25, -0.2) is 0 Å². The molecular formula is C14H21BrN2O2. The molecule has 0 bridgehead atoms. The normalized spacial score (nSPS) is 11.1. The third-order valence-electron chi connectivity index (χ3n) is 2.93. The highest BCUT2D eigenvalue weighted by Crippen LogP contribution is 2.19. The maximum absolute atomic E-state index is 12.0. The number of carbonyl (C=O) groups is 1. The van der Waals surface area contributed by atoms with Gasteiger partial charge in [-0.05, 0) is 44.5 Å². The van der Waals surface area contributed by atoms with Crippen molar-refractivity contribution >= 4 is 27.5 Å². The summed E-state index contributed by atoms with van der Waals surface area (Å²) in [4.78, 5) is 13.9. The second-order valence-electron chi connectivity index (χ2n) is 4.80. The molecule has 0 aliphatic rings. The number of nitrogens with zero attached hydrogens (tertiary/aromatic N) is 1. The number of hydrogen-bond acceptors (Lipinski definition) is 3. The van der Waals surface area contributed by atoms with Gasteiger partial charge in [0.15, 0.2) is 0 Å². The number of anilines is 1. The van der Waals surface area contributed by atoms with Crippen molar-refractivity contribution in [3.63, 3.8) is 0 Å². The van der Waals surface area contributed by atoms with Gasteiger partial charge >= 0.3 is 0 Å². The molecule has 1 aromatic carbocycles. The molecule has 0 radical (unpaired) electrons. The summed E-state index contributed by atoms with van der Waals surface area (Å²) in [7, 11) is 0. The van der Waals surface area contributed by atoms with Crippen LogP contribution in [0.1, 0.15) is 19.4 Å². The first-order valence-corrected chi connectivity index (χ1v) is 7.14. The number of carbonyl (C=O) groups excluding carboxylic acids is 1. The number of halogens is 1. The van der Waals surface area contributed by atoms with E-state index in [1.165, 1.54) is 0 Å². The maximum atomic E-state index is 12.0. The van der Waals surface area contributed by atoms with Crippen molar-refractivity contribution in [2.45, 2.75) is 26.8 Å². The molecular weight excluding hydrogens is 308 g/mol. The molecule has 1 aromatic rings. The summed E-state index contributed by atoms with van der Waals surface area (Å²) in [5.41, 5.74) is 1.84. The number of nitrogens with one attached hydrogen (secondary N) is 1. The fourth-order valence-corrected chi connectivity index (χ4v) is 2.27. The van der Waals surface area contributed by atoms with Crippen LogP contribution in [0.25, 0.3) is 0 Å². The Morgan fingerprint density at radius 2 is 2.16 bits per heavy atom. The number of benzene rings is 1. The van der Waals surface area contributed by atoms with E-state index in [1.54, 1.807) is 0 Å². The van der Waals surface area contributed by atoms with Gasteiger partial charge in [0.05, 0.1) is 13.2 Å². The summed E-state index contributed by atoms with van der Waals surface area (Å²) in [5, 5.41) is 11.9. The van der Waals surface area contributed by atoms with Crippen molar-refractivity contribution in [3.8, 4) is 0 Å². The Labute approximate surface area is 122 Å². The summed E-state index contributed by atoms with van der Waals surface area (Å²) in [6, 6.07) is 5.97. The molecule has 0 spiro atoms. The third kappa shape index (κ3) is 5.30. The molecule has 0 atom stereocenters. The molecule has 1 amide bonds. The Bertz CT molecular complexity index is 435. The molecule has 0 saturated carbocycles. The van der Waals surface area contributed by atoms with E-state index in [9.17, 15) is 4.79 Å². The summed E-state index contributed by atoms with van der Waals surface area (Å²) in [6.45, 7) is 6.82. The molecule has 5 heteroatoms. The molecule has 19 heavy (non-hydrogen) atoms. The number of aliphatic hydroxyl groups is 1. The van der Waals surface area contributed by atoms with E-state index in [-0.39, 0.29) is 25.1 Å². The molecule has 0 aliphatic carbocycles. The predicted molar refractivity (Wildman–Crippen MR) is 81.3 cm³/mol. The van der Waals surface area contributed by atoms with Gasteiger partial charge < -0.3 is 10.4 Å². The summed E-state index contributed by atoms with van der Waals surface area (Å²) < 4.78 is 0.993. The lowest BCUT2D eigenvalue weighted by molar-refractivity contribution is -0.117. The van der Waals surface area contributed by atoms with E-state index in [0.29, 0.717) is 6.54 Å². The molecule has 0 aliphatic heterocycles. The SMILES string of the molecule is Cc1cc(Br)ccc1NC(=O)CN(CCO)C(C)C. The van der Waals surface area contributed by atoms with Crippen molar-refractivity contribution in [1.29, 1.82) is 0 Å². The molecule has 4 nitrogen and oxygen atoms in total. The van der Waals surface area contributed by atoms with Gasteiger partial charge in [-0.15, -0.1) is 0 Å². The number of aliphatic hydroxyl groups excluding tert-OH is 1. The quantitative estimate of drug-likeness (QED) is 0.843. The zero-order valence-corrected chi connectivity index (χ0v) is 13.2. The van der Waals surface area contributed by atoms with Crippen LogP contribution in [0.15, 0.2) is 22.7 Å². The minimum absolute atomic E-state index is 0.0583. The van der Waals surface area contributed by atoms with Crippen molar-refractivity contribution < 1.29 is 9.90 Å². The number of amides is 1. The van der Waals surface area contributed by atoms with E-state index >= 15 is 0 Å². The lowest BCUT2D eigenvalue weighted by Gasteiger charge is -2.24. The Hall–Kier alpha value is -0.910. The highest BCUT2D eigenvalue weighted by molar-refractivity contribution is 9.10. The Balaban J connectivity index is 2.63. The van der Waals surface area contributed by atoms with Crippen LogP contribution in [0.3, 0.4) is 0 Å².